The molecule has 0 amide bonds. The first-order valence-corrected chi connectivity index (χ1v) is 11.8. The molecule has 1 aliphatic heterocycles. The van der Waals surface area contributed by atoms with Crippen molar-refractivity contribution in [3.05, 3.63) is 41.7 Å². The van der Waals surface area contributed by atoms with Crippen LogP contribution in [0.2, 0.25) is 0 Å². The van der Waals surface area contributed by atoms with Gasteiger partial charge in [-0.15, -0.1) is 0 Å². The molecule has 15 heteroatoms. The summed E-state index contributed by atoms with van der Waals surface area (Å²) >= 11 is 0. The first-order valence-electron chi connectivity index (χ1n) is 8.75. The predicted molar refractivity (Wildman–Crippen MR) is 108 cm³/mol. The molecular weight excluding hydrogens is 434 g/mol. The summed E-state index contributed by atoms with van der Waals surface area (Å²) in [6.45, 7) is 0.133. The van der Waals surface area contributed by atoms with Crippen molar-refractivity contribution in [2.75, 3.05) is 13.1 Å². The highest BCUT2D eigenvalue weighted by molar-refractivity contribution is 7.92. The molecule has 3 rings (SSSR count). The first kappa shape index (κ1) is 22.6. The Morgan fingerprint density at radius 2 is 1.77 bits per heavy atom. The minimum atomic E-state index is -4.48. The summed E-state index contributed by atoms with van der Waals surface area (Å²) in [7, 11) is -8.70. The zero-order valence-electron chi connectivity index (χ0n) is 15.7. The maximum atomic E-state index is 12.8. The Morgan fingerprint density at radius 1 is 1.07 bits per heavy atom. The normalized spacial score (nSPS) is 15.6. The fourth-order valence-electron chi connectivity index (χ4n) is 3.05. The van der Waals surface area contributed by atoms with Gasteiger partial charge in [0.15, 0.2) is 0 Å². The van der Waals surface area contributed by atoms with Crippen molar-refractivity contribution in [1.82, 2.24) is 31.6 Å². The highest BCUT2D eigenvalue weighted by atomic mass is 32.2. The van der Waals surface area contributed by atoms with Gasteiger partial charge in [0.2, 0.25) is 20.0 Å². The molecule has 1 aromatic carbocycles. The maximum absolute atomic E-state index is 12.8. The van der Waals surface area contributed by atoms with Crippen molar-refractivity contribution in [2.45, 2.75) is 22.5 Å². The number of sulfonamides is 2. The number of aromatic nitrogens is 1. The Hall–Kier alpha value is -2.05. The molecule has 0 saturated carbocycles. The molecule has 1 fully saturated rings. The summed E-state index contributed by atoms with van der Waals surface area (Å²) in [5, 5.41) is 5.48. The van der Waals surface area contributed by atoms with Crippen LogP contribution in [0.1, 0.15) is 17.4 Å². The Bertz CT molecular complexity index is 1130. The quantitative estimate of drug-likeness (QED) is 0.202. The van der Waals surface area contributed by atoms with Crippen molar-refractivity contribution < 1.29 is 16.8 Å². The van der Waals surface area contributed by atoms with Crippen LogP contribution in [0, 0.1) is 0 Å². The lowest BCUT2D eigenvalue weighted by Crippen LogP contribution is -2.33. The van der Waals surface area contributed by atoms with Crippen molar-refractivity contribution >= 4 is 20.0 Å². The molecule has 164 valence electrons. The van der Waals surface area contributed by atoms with Crippen molar-refractivity contribution in [2.24, 2.45) is 16.6 Å². The van der Waals surface area contributed by atoms with Gasteiger partial charge in [0.25, 0.3) is 0 Å². The van der Waals surface area contributed by atoms with Crippen molar-refractivity contribution in [1.29, 1.82) is 0 Å². The maximum Gasteiger partial charge on any atom is 0.241 e. The van der Waals surface area contributed by atoms with E-state index in [-0.39, 0.29) is 25.2 Å². The molecule has 13 nitrogen and oxygen atoms in total. The topological polar surface area (TPSA) is 219 Å². The van der Waals surface area contributed by atoms with E-state index in [1.165, 1.54) is 18.3 Å². The Balaban J connectivity index is 2.35. The zero-order chi connectivity index (χ0) is 21.9. The smallest absolute Gasteiger partial charge is 0.241 e. The standard InChI is InChI=1S/C15H23N9O4S2/c16-4-6-20-30(27,28)12-2-1-11(9-3-5-19-10(7-9)8-17)13(14(12)29(18,25)26)15-21-23-24-22-15/h1-3,5,7,15,20-24H,4,6,8,16-17H2,(H2,18,25,26). The average molecular weight is 458 g/mol. The van der Waals surface area contributed by atoms with E-state index in [0.717, 1.165) is 0 Å². The second kappa shape index (κ2) is 8.98. The van der Waals surface area contributed by atoms with E-state index in [0.29, 0.717) is 16.8 Å². The molecule has 0 aliphatic carbocycles. The van der Waals surface area contributed by atoms with Gasteiger partial charge >= 0.3 is 0 Å². The predicted octanol–water partition coefficient (Wildman–Crippen LogP) is -2.79. The lowest BCUT2D eigenvalue weighted by Gasteiger charge is -2.21. The third kappa shape index (κ3) is 4.65. The van der Waals surface area contributed by atoms with Crippen LogP contribution in [0.15, 0.2) is 40.3 Å². The summed E-state index contributed by atoms with van der Waals surface area (Å²) in [6, 6.07) is 6.03. The zero-order valence-corrected chi connectivity index (χ0v) is 17.3. The van der Waals surface area contributed by atoms with E-state index in [4.69, 9.17) is 16.6 Å². The van der Waals surface area contributed by atoms with Crippen LogP contribution < -0.4 is 43.2 Å². The summed E-state index contributed by atoms with van der Waals surface area (Å²) in [5.74, 6) is 0. The number of benzene rings is 1. The molecule has 0 spiro atoms. The monoisotopic (exact) mass is 457 g/mol. The number of rotatable bonds is 8. The lowest BCUT2D eigenvalue weighted by atomic mass is 9.98. The summed E-state index contributed by atoms with van der Waals surface area (Å²) in [5.41, 5.74) is 23.4. The number of nitrogens with two attached hydrogens (primary N) is 3. The summed E-state index contributed by atoms with van der Waals surface area (Å²) in [4.78, 5) is 3.10. The molecule has 2 heterocycles. The lowest BCUT2D eigenvalue weighted by molar-refractivity contribution is 0.533. The Labute approximate surface area is 173 Å². The number of hydrazine groups is 3. The van der Waals surface area contributed by atoms with Crippen LogP contribution in [0.4, 0.5) is 0 Å². The Morgan fingerprint density at radius 3 is 2.37 bits per heavy atom. The first-order chi connectivity index (χ1) is 14.2. The van der Waals surface area contributed by atoms with Gasteiger partial charge in [-0.3, -0.25) is 4.98 Å². The van der Waals surface area contributed by atoms with Crippen LogP contribution in [-0.2, 0) is 26.6 Å². The second-order valence-electron chi connectivity index (χ2n) is 6.30. The SMILES string of the molecule is NCCNS(=O)(=O)c1ccc(-c2ccnc(CN)c2)c(C2NNNN2)c1S(N)(=O)=O. The van der Waals surface area contributed by atoms with Gasteiger partial charge in [0, 0.05) is 31.4 Å². The fourth-order valence-corrected chi connectivity index (χ4v) is 5.75. The van der Waals surface area contributed by atoms with Crippen LogP contribution in [0.25, 0.3) is 11.1 Å². The molecule has 11 N–H and O–H groups in total. The molecule has 1 aromatic heterocycles. The van der Waals surface area contributed by atoms with E-state index in [9.17, 15) is 16.8 Å². The molecule has 0 radical (unpaired) electrons. The van der Waals surface area contributed by atoms with Crippen LogP contribution in [0.3, 0.4) is 0 Å². The Kier molecular flexibility index (Phi) is 6.78. The largest absolute Gasteiger partial charge is 0.329 e. The molecule has 1 saturated heterocycles. The summed E-state index contributed by atoms with van der Waals surface area (Å²) in [6.07, 6.45) is 0.685. The molecule has 30 heavy (non-hydrogen) atoms. The number of nitrogens with zero attached hydrogens (tertiary/aromatic N) is 1. The van der Waals surface area contributed by atoms with Gasteiger partial charge in [0.1, 0.15) is 16.0 Å². The van der Waals surface area contributed by atoms with Crippen molar-refractivity contribution in [3.8, 4) is 11.1 Å². The average Bonchev–Trinajstić information content (AvgIpc) is 3.25. The van der Waals surface area contributed by atoms with E-state index in [1.807, 2.05) is 0 Å². The van der Waals surface area contributed by atoms with Gasteiger partial charge in [0.05, 0.1) is 5.69 Å². The number of pyridine rings is 1. The summed E-state index contributed by atoms with van der Waals surface area (Å²) < 4.78 is 53.0. The second-order valence-corrected chi connectivity index (χ2v) is 9.53. The van der Waals surface area contributed by atoms with Gasteiger partial charge in [-0.1, -0.05) is 6.07 Å². The van der Waals surface area contributed by atoms with Crippen LogP contribution >= 0.6 is 0 Å². The van der Waals surface area contributed by atoms with Crippen LogP contribution in [-0.4, -0.2) is 34.9 Å². The molecule has 1 aliphatic rings. The third-order valence-electron chi connectivity index (χ3n) is 4.29. The van der Waals surface area contributed by atoms with E-state index < -0.39 is 36.0 Å². The minimum Gasteiger partial charge on any atom is -0.329 e. The van der Waals surface area contributed by atoms with Crippen molar-refractivity contribution in [3.63, 3.8) is 0 Å². The van der Waals surface area contributed by atoms with Gasteiger partial charge < -0.3 is 11.5 Å². The highest BCUT2D eigenvalue weighted by Crippen LogP contribution is 2.36. The molecular formula is C15H23N9O4S2. The van der Waals surface area contributed by atoms with Gasteiger partial charge in [-0.2, -0.15) is 11.1 Å². The van der Waals surface area contributed by atoms with Crippen LogP contribution in [0.5, 0.6) is 0 Å². The number of nitrogens with one attached hydrogen (secondary N) is 5. The molecule has 2 aromatic rings. The third-order valence-corrected chi connectivity index (χ3v) is 6.93. The number of hydrogen-bond acceptors (Lipinski definition) is 11. The highest BCUT2D eigenvalue weighted by Gasteiger charge is 2.34. The van der Waals surface area contributed by atoms with E-state index >= 15 is 0 Å². The number of hydrogen-bond donors (Lipinski definition) is 8. The number of primary sulfonamides is 1. The minimum absolute atomic E-state index is 0.0351. The van der Waals surface area contributed by atoms with Gasteiger partial charge in [-0.05, 0) is 29.3 Å². The molecule has 0 unspecified atom stereocenters. The van der Waals surface area contributed by atoms with E-state index in [2.05, 4.69) is 31.6 Å². The van der Waals surface area contributed by atoms with E-state index in [1.54, 1.807) is 12.1 Å². The fraction of sp³-hybridized carbons (Fsp3) is 0.267. The molecule has 0 bridgehead atoms. The molecule has 0 atom stereocenters. The van der Waals surface area contributed by atoms with Gasteiger partial charge in [-0.25, -0.2) is 37.5 Å².